The number of H-pyrrole nitrogens is 1. The van der Waals surface area contributed by atoms with E-state index in [0.717, 1.165) is 49.7 Å². The van der Waals surface area contributed by atoms with Gasteiger partial charge in [0.15, 0.2) is 11.4 Å². The van der Waals surface area contributed by atoms with Crippen molar-refractivity contribution in [2.24, 2.45) is 23.2 Å². The van der Waals surface area contributed by atoms with Gasteiger partial charge in [-0.1, -0.05) is 49.7 Å². The molecule has 2 fully saturated rings. The van der Waals surface area contributed by atoms with Gasteiger partial charge in [0.1, 0.15) is 11.1 Å². The van der Waals surface area contributed by atoms with Gasteiger partial charge in [-0.2, -0.15) is 5.10 Å². The quantitative estimate of drug-likeness (QED) is 0.323. The number of rotatable bonds is 8. The average molecular weight is 536 g/mol. The van der Waals surface area contributed by atoms with E-state index < -0.39 is 11.7 Å². The Morgan fingerprint density at radius 2 is 2.16 bits per heavy atom. The summed E-state index contributed by atoms with van der Waals surface area (Å²) < 4.78 is 5.75. The van der Waals surface area contributed by atoms with E-state index in [0.29, 0.717) is 23.6 Å². The summed E-state index contributed by atoms with van der Waals surface area (Å²) >= 11 is 1.25. The van der Waals surface area contributed by atoms with E-state index in [2.05, 4.69) is 35.1 Å². The second kappa shape index (κ2) is 9.96. The first kappa shape index (κ1) is 25.8. The van der Waals surface area contributed by atoms with Gasteiger partial charge in [0.05, 0.1) is 23.7 Å². The van der Waals surface area contributed by atoms with E-state index in [-0.39, 0.29) is 34.7 Å². The standard InChI is InChI=1S/C30H37N3O4S/c1-3-6-24(34)27-21(10-9-20-13-23-19(16-31-33-23)14-29(20,27)2)18-11-12-30(36,15-18)26(35)17-38-28-32-22-7-4-5-8-25(22)37-28/h4-5,7-8,13,16,18,21,24,27,34,36H,3,6,9-12,14-15,17H2,1-2H3,(H,31,33)/t18?,21?,24-,27?,29?,30+/m0/s1. The van der Waals surface area contributed by atoms with Gasteiger partial charge in [-0.15, -0.1) is 0 Å². The van der Waals surface area contributed by atoms with Crippen LogP contribution in [0.3, 0.4) is 0 Å². The number of aliphatic hydroxyl groups excluding tert-OH is 1. The lowest BCUT2D eigenvalue weighted by Gasteiger charge is -2.53. The number of Topliss-reactive ketones (excluding diaryl/α,β-unsaturated/α-hetero) is 1. The van der Waals surface area contributed by atoms with Crippen molar-refractivity contribution in [2.75, 3.05) is 5.75 Å². The van der Waals surface area contributed by atoms with E-state index in [1.54, 1.807) is 0 Å². The minimum atomic E-state index is -1.33. The summed E-state index contributed by atoms with van der Waals surface area (Å²) in [5, 5.41) is 30.9. The van der Waals surface area contributed by atoms with Crippen molar-refractivity contribution in [3.8, 4) is 0 Å². The van der Waals surface area contributed by atoms with Crippen LogP contribution in [0.5, 0.6) is 0 Å². The maximum Gasteiger partial charge on any atom is 0.257 e. The molecule has 4 unspecified atom stereocenters. The molecule has 0 amide bonds. The fraction of sp³-hybridized carbons (Fsp3) is 0.567. The number of fused-ring (bicyclic) bond motifs is 3. The summed E-state index contributed by atoms with van der Waals surface area (Å²) in [5.41, 5.74) is 3.68. The zero-order valence-electron chi connectivity index (χ0n) is 22.2. The Morgan fingerprint density at radius 1 is 1.32 bits per heavy atom. The van der Waals surface area contributed by atoms with E-state index in [9.17, 15) is 15.0 Å². The summed E-state index contributed by atoms with van der Waals surface area (Å²) in [5.74, 6) is 0.539. The molecule has 3 aliphatic rings. The number of aromatic nitrogens is 3. The molecule has 0 bridgehead atoms. The van der Waals surface area contributed by atoms with E-state index in [1.165, 1.54) is 22.9 Å². The number of aromatic amines is 1. The molecule has 3 aromatic rings. The predicted octanol–water partition coefficient (Wildman–Crippen LogP) is 5.58. The molecule has 8 heteroatoms. The van der Waals surface area contributed by atoms with Crippen molar-refractivity contribution in [1.29, 1.82) is 0 Å². The van der Waals surface area contributed by atoms with Gasteiger partial charge in [0.2, 0.25) is 0 Å². The molecule has 2 saturated carbocycles. The predicted molar refractivity (Wildman–Crippen MR) is 148 cm³/mol. The molecule has 6 rings (SSSR count). The molecule has 7 nitrogen and oxygen atoms in total. The second-order valence-corrected chi connectivity index (χ2v) is 12.8. The number of nitrogens with zero attached hydrogens (tertiary/aromatic N) is 2. The van der Waals surface area contributed by atoms with Crippen LogP contribution in [0.25, 0.3) is 17.2 Å². The third kappa shape index (κ3) is 4.44. The number of carbonyl (C=O) groups excluding carboxylic acids is 1. The molecule has 6 atom stereocenters. The van der Waals surface area contributed by atoms with Gasteiger partial charge >= 0.3 is 0 Å². The highest BCUT2D eigenvalue weighted by Gasteiger charge is 2.54. The van der Waals surface area contributed by atoms with E-state index >= 15 is 0 Å². The van der Waals surface area contributed by atoms with Crippen molar-refractivity contribution < 1.29 is 19.4 Å². The lowest BCUT2D eigenvalue weighted by atomic mass is 9.52. The first-order chi connectivity index (χ1) is 18.3. The SMILES string of the molecule is CCC[C@H](O)C1C(C2CC[C@](O)(C(=O)CSc3nc4ccccc4o3)C2)CCC2=Cc3[nH]ncc3CC21C. The Bertz CT molecular complexity index is 1330. The van der Waals surface area contributed by atoms with Crippen LogP contribution in [-0.2, 0) is 11.2 Å². The van der Waals surface area contributed by atoms with Crippen molar-refractivity contribution in [3.05, 3.63) is 47.3 Å². The molecule has 0 spiro atoms. The molecular formula is C30H37N3O4S. The third-order valence-corrected chi connectivity index (χ3v) is 10.4. The first-order valence-electron chi connectivity index (χ1n) is 14.0. The molecule has 38 heavy (non-hydrogen) atoms. The molecule has 0 aliphatic heterocycles. The van der Waals surface area contributed by atoms with Crippen LogP contribution in [0.1, 0.15) is 70.1 Å². The number of nitrogens with one attached hydrogen (secondary N) is 1. The van der Waals surface area contributed by atoms with Crippen molar-refractivity contribution >= 4 is 34.7 Å². The van der Waals surface area contributed by atoms with Gasteiger partial charge in [-0.3, -0.25) is 9.89 Å². The Labute approximate surface area is 227 Å². The summed E-state index contributed by atoms with van der Waals surface area (Å²) in [6.45, 7) is 4.43. The Kier molecular flexibility index (Phi) is 6.77. The number of allylic oxidation sites excluding steroid dienone is 1. The van der Waals surface area contributed by atoms with Crippen LogP contribution in [0.4, 0.5) is 0 Å². The summed E-state index contributed by atoms with van der Waals surface area (Å²) in [6, 6.07) is 7.54. The number of carbonyl (C=O) groups is 1. The van der Waals surface area contributed by atoms with E-state index in [4.69, 9.17) is 4.42 Å². The number of ketones is 1. The number of oxazole rings is 1. The highest BCUT2D eigenvalue weighted by molar-refractivity contribution is 7.99. The Hall–Kier alpha value is -2.42. The maximum atomic E-state index is 13.3. The highest BCUT2D eigenvalue weighted by Crippen LogP contribution is 2.58. The molecule has 1 aromatic carbocycles. The van der Waals surface area contributed by atoms with E-state index in [1.807, 2.05) is 30.5 Å². The van der Waals surface area contributed by atoms with Crippen molar-refractivity contribution in [2.45, 2.75) is 82.1 Å². The van der Waals surface area contributed by atoms with Gasteiger partial charge in [0, 0.05) is 0 Å². The van der Waals surface area contributed by atoms with Gasteiger partial charge in [-0.05, 0) is 91.9 Å². The second-order valence-electron chi connectivity index (χ2n) is 11.9. The van der Waals surface area contributed by atoms with Gasteiger partial charge in [0.25, 0.3) is 5.22 Å². The highest BCUT2D eigenvalue weighted by atomic mass is 32.2. The molecule has 2 heterocycles. The minimum absolute atomic E-state index is 0.0853. The zero-order valence-corrected chi connectivity index (χ0v) is 23.0. The van der Waals surface area contributed by atoms with Crippen LogP contribution < -0.4 is 0 Å². The monoisotopic (exact) mass is 535 g/mol. The topological polar surface area (TPSA) is 112 Å². The molecular weight excluding hydrogens is 498 g/mol. The summed E-state index contributed by atoms with van der Waals surface area (Å²) in [6.07, 6.45) is 10.0. The molecule has 0 radical (unpaired) electrons. The summed E-state index contributed by atoms with van der Waals surface area (Å²) in [4.78, 5) is 17.7. The Balaban J connectivity index is 1.18. The lowest BCUT2D eigenvalue weighted by molar-refractivity contribution is -0.134. The molecule has 2 aromatic heterocycles. The van der Waals surface area contributed by atoms with Gasteiger partial charge in [-0.25, -0.2) is 4.98 Å². The maximum absolute atomic E-state index is 13.3. The first-order valence-corrected chi connectivity index (χ1v) is 14.9. The smallest absolute Gasteiger partial charge is 0.257 e. The van der Waals surface area contributed by atoms with Crippen LogP contribution in [0, 0.1) is 23.2 Å². The lowest BCUT2D eigenvalue weighted by Crippen LogP contribution is -2.49. The largest absolute Gasteiger partial charge is 0.431 e. The van der Waals surface area contributed by atoms with Crippen LogP contribution in [0.2, 0.25) is 0 Å². The zero-order chi connectivity index (χ0) is 26.5. The van der Waals surface area contributed by atoms with Crippen LogP contribution in [-0.4, -0.2) is 48.6 Å². The van der Waals surface area contributed by atoms with Gasteiger partial charge < -0.3 is 14.6 Å². The molecule has 202 valence electrons. The minimum Gasteiger partial charge on any atom is -0.431 e. The average Bonchev–Trinajstić information content (AvgIpc) is 3.63. The number of hydrogen-bond donors (Lipinski definition) is 3. The number of benzene rings is 1. The number of para-hydroxylation sites is 2. The fourth-order valence-corrected chi connectivity index (χ4v) is 8.50. The normalized spacial score (nSPS) is 31.6. The number of thioether (sulfide) groups is 1. The number of aliphatic hydroxyl groups is 2. The van der Waals surface area contributed by atoms with Crippen LogP contribution in [0.15, 0.2) is 45.7 Å². The summed E-state index contributed by atoms with van der Waals surface area (Å²) in [7, 11) is 0. The van der Waals surface area contributed by atoms with Crippen LogP contribution >= 0.6 is 11.8 Å². The fourth-order valence-electron chi connectivity index (χ4n) is 7.67. The molecule has 0 saturated heterocycles. The molecule has 3 N–H and O–H groups in total. The van der Waals surface area contributed by atoms with Crippen molar-refractivity contribution in [1.82, 2.24) is 15.2 Å². The number of hydrogen-bond acceptors (Lipinski definition) is 7. The molecule has 3 aliphatic carbocycles. The third-order valence-electron chi connectivity index (χ3n) is 9.56. The van der Waals surface area contributed by atoms with Crippen molar-refractivity contribution in [3.63, 3.8) is 0 Å². The Morgan fingerprint density at radius 3 is 2.97 bits per heavy atom.